The number of benzene rings is 1. The summed E-state index contributed by atoms with van der Waals surface area (Å²) >= 11 is 0. The molecule has 0 saturated heterocycles. The molecule has 0 aliphatic heterocycles. The second-order valence-corrected chi connectivity index (χ2v) is 4.63. The number of nitrogens with one attached hydrogen (secondary N) is 2. The van der Waals surface area contributed by atoms with E-state index in [2.05, 4.69) is 10.6 Å². The Morgan fingerprint density at radius 1 is 1.33 bits per heavy atom. The van der Waals surface area contributed by atoms with Crippen LogP contribution in [0.5, 0.6) is 0 Å². The van der Waals surface area contributed by atoms with Gasteiger partial charge in [0.05, 0.1) is 6.10 Å². The molecule has 1 rings (SSSR count). The maximum atomic E-state index is 11.9. The van der Waals surface area contributed by atoms with Crippen LogP contribution in [0.15, 0.2) is 18.2 Å². The van der Waals surface area contributed by atoms with Crippen molar-refractivity contribution in [2.75, 3.05) is 19.6 Å². The monoisotopic (exact) mass is 250 g/mol. The fourth-order valence-corrected chi connectivity index (χ4v) is 1.74. The molecule has 100 valence electrons. The highest BCUT2D eigenvalue weighted by molar-refractivity contribution is 5.95. The van der Waals surface area contributed by atoms with Crippen LogP contribution in [-0.4, -0.2) is 36.8 Å². The lowest BCUT2D eigenvalue weighted by atomic mass is 10.1. The van der Waals surface area contributed by atoms with Gasteiger partial charge < -0.3 is 15.7 Å². The standard InChI is InChI=1S/C14H22N2O2/c1-10-4-5-13(11(2)8-10)14(18)16-7-6-15-9-12(3)17/h4-5,8,12,15,17H,6-7,9H2,1-3H3,(H,16,18). The van der Waals surface area contributed by atoms with E-state index in [4.69, 9.17) is 5.11 Å². The van der Waals surface area contributed by atoms with Crippen LogP contribution in [0.25, 0.3) is 0 Å². The number of hydrogen-bond donors (Lipinski definition) is 3. The molecular formula is C14H22N2O2. The first kappa shape index (κ1) is 14.7. The molecule has 0 aliphatic rings. The molecule has 1 amide bonds. The summed E-state index contributed by atoms with van der Waals surface area (Å²) in [6, 6.07) is 5.79. The third-order valence-electron chi connectivity index (χ3n) is 2.65. The molecule has 0 aliphatic carbocycles. The van der Waals surface area contributed by atoms with Gasteiger partial charge in [0.15, 0.2) is 0 Å². The van der Waals surface area contributed by atoms with Crippen molar-refractivity contribution >= 4 is 5.91 Å². The third kappa shape index (κ3) is 4.85. The highest BCUT2D eigenvalue weighted by Gasteiger charge is 2.07. The lowest BCUT2D eigenvalue weighted by molar-refractivity contribution is 0.0953. The zero-order valence-electron chi connectivity index (χ0n) is 11.3. The minimum atomic E-state index is -0.361. The third-order valence-corrected chi connectivity index (χ3v) is 2.65. The van der Waals surface area contributed by atoms with Crippen LogP contribution in [0.2, 0.25) is 0 Å². The van der Waals surface area contributed by atoms with E-state index in [1.165, 1.54) is 0 Å². The van der Waals surface area contributed by atoms with Gasteiger partial charge in [-0.05, 0) is 32.4 Å². The van der Waals surface area contributed by atoms with E-state index in [1.807, 2.05) is 32.0 Å². The molecule has 0 radical (unpaired) electrons. The van der Waals surface area contributed by atoms with E-state index in [0.717, 1.165) is 16.7 Å². The quantitative estimate of drug-likeness (QED) is 0.660. The number of hydrogen-bond acceptors (Lipinski definition) is 3. The van der Waals surface area contributed by atoms with E-state index in [0.29, 0.717) is 19.6 Å². The van der Waals surface area contributed by atoms with Crippen LogP contribution >= 0.6 is 0 Å². The Balaban J connectivity index is 2.36. The zero-order valence-corrected chi connectivity index (χ0v) is 11.3. The van der Waals surface area contributed by atoms with Crippen molar-refractivity contribution in [2.24, 2.45) is 0 Å². The van der Waals surface area contributed by atoms with Crippen LogP contribution in [0.4, 0.5) is 0 Å². The predicted octanol–water partition coefficient (Wildman–Crippen LogP) is 1.00. The van der Waals surface area contributed by atoms with E-state index >= 15 is 0 Å². The Kier molecular flexibility index (Phi) is 5.82. The molecule has 3 N–H and O–H groups in total. The Labute approximate surface area is 108 Å². The van der Waals surface area contributed by atoms with Crippen molar-refractivity contribution in [3.63, 3.8) is 0 Å². The number of carbonyl (C=O) groups is 1. The van der Waals surface area contributed by atoms with Crippen LogP contribution < -0.4 is 10.6 Å². The highest BCUT2D eigenvalue weighted by Crippen LogP contribution is 2.09. The van der Waals surface area contributed by atoms with E-state index in [-0.39, 0.29) is 12.0 Å². The summed E-state index contributed by atoms with van der Waals surface area (Å²) in [5, 5.41) is 15.0. The average Bonchev–Trinajstić information content (AvgIpc) is 2.27. The number of carbonyl (C=O) groups excluding carboxylic acids is 1. The lowest BCUT2D eigenvalue weighted by Crippen LogP contribution is -2.34. The molecule has 1 aromatic carbocycles. The summed E-state index contributed by atoms with van der Waals surface area (Å²) in [6.07, 6.45) is -0.361. The van der Waals surface area contributed by atoms with Crippen molar-refractivity contribution in [1.29, 1.82) is 0 Å². The summed E-state index contributed by atoms with van der Waals surface area (Å²) in [5.74, 6) is -0.0497. The van der Waals surface area contributed by atoms with Gasteiger partial charge in [-0.3, -0.25) is 4.79 Å². The molecule has 4 nitrogen and oxygen atoms in total. The molecule has 0 heterocycles. The molecule has 0 aromatic heterocycles. The molecule has 18 heavy (non-hydrogen) atoms. The van der Waals surface area contributed by atoms with Gasteiger partial charge in [0.2, 0.25) is 0 Å². The fraction of sp³-hybridized carbons (Fsp3) is 0.500. The summed E-state index contributed by atoms with van der Waals surface area (Å²) in [4.78, 5) is 11.9. The van der Waals surface area contributed by atoms with Gasteiger partial charge in [0, 0.05) is 25.2 Å². The second kappa shape index (κ2) is 7.13. The van der Waals surface area contributed by atoms with Gasteiger partial charge in [0.1, 0.15) is 0 Å². The smallest absolute Gasteiger partial charge is 0.251 e. The van der Waals surface area contributed by atoms with Crippen LogP contribution in [0.1, 0.15) is 28.4 Å². The molecule has 0 fully saturated rings. The van der Waals surface area contributed by atoms with Crippen molar-refractivity contribution < 1.29 is 9.90 Å². The van der Waals surface area contributed by atoms with Crippen molar-refractivity contribution in [3.8, 4) is 0 Å². The first-order valence-electron chi connectivity index (χ1n) is 6.25. The van der Waals surface area contributed by atoms with Gasteiger partial charge in [-0.15, -0.1) is 0 Å². The zero-order chi connectivity index (χ0) is 13.5. The summed E-state index contributed by atoms with van der Waals surface area (Å²) in [7, 11) is 0. The Hall–Kier alpha value is -1.39. The van der Waals surface area contributed by atoms with Gasteiger partial charge in [-0.2, -0.15) is 0 Å². The van der Waals surface area contributed by atoms with Crippen LogP contribution in [-0.2, 0) is 0 Å². The summed E-state index contributed by atoms with van der Waals surface area (Å²) in [6.45, 7) is 7.42. The topological polar surface area (TPSA) is 61.4 Å². The minimum absolute atomic E-state index is 0.0497. The normalized spacial score (nSPS) is 12.2. The van der Waals surface area contributed by atoms with Crippen molar-refractivity contribution in [3.05, 3.63) is 34.9 Å². The van der Waals surface area contributed by atoms with Crippen LogP contribution in [0, 0.1) is 13.8 Å². The Morgan fingerprint density at radius 3 is 2.67 bits per heavy atom. The van der Waals surface area contributed by atoms with Crippen molar-refractivity contribution in [1.82, 2.24) is 10.6 Å². The minimum Gasteiger partial charge on any atom is -0.392 e. The molecule has 0 bridgehead atoms. The fourth-order valence-electron chi connectivity index (χ4n) is 1.74. The number of aryl methyl sites for hydroxylation is 2. The molecule has 0 saturated carbocycles. The predicted molar refractivity (Wildman–Crippen MR) is 72.8 cm³/mol. The molecule has 1 atom stereocenters. The van der Waals surface area contributed by atoms with Crippen molar-refractivity contribution in [2.45, 2.75) is 26.9 Å². The number of amides is 1. The lowest BCUT2D eigenvalue weighted by Gasteiger charge is -2.10. The van der Waals surface area contributed by atoms with E-state index in [1.54, 1.807) is 6.92 Å². The number of rotatable bonds is 6. The van der Waals surface area contributed by atoms with E-state index in [9.17, 15) is 4.79 Å². The van der Waals surface area contributed by atoms with E-state index < -0.39 is 0 Å². The van der Waals surface area contributed by atoms with Gasteiger partial charge in [-0.1, -0.05) is 17.7 Å². The largest absolute Gasteiger partial charge is 0.392 e. The first-order chi connectivity index (χ1) is 8.50. The Morgan fingerprint density at radius 2 is 2.06 bits per heavy atom. The second-order valence-electron chi connectivity index (χ2n) is 4.63. The maximum Gasteiger partial charge on any atom is 0.251 e. The summed E-state index contributed by atoms with van der Waals surface area (Å²) < 4.78 is 0. The van der Waals surface area contributed by atoms with Gasteiger partial charge >= 0.3 is 0 Å². The molecule has 4 heteroatoms. The Bertz CT molecular complexity index is 403. The van der Waals surface area contributed by atoms with Gasteiger partial charge in [-0.25, -0.2) is 0 Å². The summed E-state index contributed by atoms with van der Waals surface area (Å²) in [5.41, 5.74) is 2.86. The molecule has 0 spiro atoms. The number of aliphatic hydroxyl groups excluding tert-OH is 1. The molecule has 1 aromatic rings. The maximum absolute atomic E-state index is 11.9. The van der Waals surface area contributed by atoms with Gasteiger partial charge in [0.25, 0.3) is 5.91 Å². The highest BCUT2D eigenvalue weighted by atomic mass is 16.3. The van der Waals surface area contributed by atoms with Crippen LogP contribution in [0.3, 0.4) is 0 Å². The SMILES string of the molecule is Cc1ccc(C(=O)NCCNCC(C)O)c(C)c1. The molecular weight excluding hydrogens is 228 g/mol. The number of aliphatic hydroxyl groups is 1. The first-order valence-corrected chi connectivity index (χ1v) is 6.25. The molecule has 1 unspecified atom stereocenters. The average molecular weight is 250 g/mol.